The zero-order valence-corrected chi connectivity index (χ0v) is 13.9. The SMILES string of the molecule is COCc1c(C(=O)O[C@H](C)C(=O)N2CCNC2=O)oc2ccccc12. The second kappa shape index (κ2) is 6.94. The van der Waals surface area contributed by atoms with Crippen LogP contribution in [0.4, 0.5) is 4.79 Å². The summed E-state index contributed by atoms with van der Waals surface area (Å²) in [4.78, 5) is 37.3. The minimum Gasteiger partial charge on any atom is -0.449 e. The molecule has 2 heterocycles. The Balaban J connectivity index is 1.81. The van der Waals surface area contributed by atoms with E-state index in [1.807, 2.05) is 12.1 Å². The quantitative estimate of drug-likeness (QED) is 0.827. The lowest BCUT2D eigenvalue weighted by molar-refractivity contribution is -0.136. The lowest BCUT2D eigenvalue weighted by Crippen LogP contribution is -2.41. The van der Waals surface area contributed by atoms with Crippen molar-refractivity contribution in [2.24, 2.45) is 0 Å². The van der Waals surface area contributed by atoms with Crippen LogP contribution in [0.1, 0.15) is 23.0 Å². The zero-order chi connectivity index (χ0) is 18.0. The monoisotopic (exact) mass is 346 g/mol. The number of carbonyl (C=O) groups is 3. The number of imide groups is 1. The maximum Gasteiger partial charge on any atom is 0.375 e. The molecule has 25 heavy (non-hydrogen) atoms. The number of esters is 1. The molecular weight excluding hydrogens is 328 g/mol. The number of carbonyl (C=O) groups excluding carboxylic acids is 3. The molecule has 3 rings (SSSR count). The molecule has 0 radical (unpaired) electrons. The van der Waals surface area contributed by atoms with E-state index in [0.29, 0.717) is 17.7 Å². The lowest BCUT2D eigenvalue weighted by Gasteiger charge is -2.17. The largest absolute Gasteiger partial charge is 0.449 e. The first kappa shape index (κ1) is 17.0. The highest BCUT2D eigenvalue weighted by molar-refractivity contribution is 6.00. The van der Waals surface area contributed by atoms with Crippen molar-refractivity contribution in [3.63, 3.8) is 0 Å². The molecule has 0 spiro atoms. The fraction of sp³-hybridized carbons (Fsp3) is 0.353. The van der Waals surface area contributed by atoms with E-state index in [9.17, 15) is 14.4 Å². The van der Waals surface area contributed by atoms with Gasteiger partial charge in [-0.15, -0.1) is 0 Å². The van der Waals surface area contributed by atoms with Crippen LogP contribution in [0.15, 0.2) is 28.7 Å². The van der Waals surface area contributed by atoms with Crippen LogP contribution < -0.4 is 5.32 Å². The van der Waals surface area contributed by atoms with Gasteiger partial charge in [0.25, 0.3) is 5.91 Å². The van der Waals surface area contributed by atoms with Gasteiger partial charge in [0.15, 0.2) is 6.10 Å². The maximum absolute atomic E-state index is 12.5. The van der Waals surface area contributed by atoms with Gasteiger partial charge in [-0.3, -0.25) is 9.69 Å². The fourth-order valence-corrected chi connectivity index (χ4v) is 2.72. The summed E-state index contributed by atoms with van der Waals surface area (Å²) in [6, 6.07) is 6.67. The van der Waals surface area contributed by atoms with Gasteiger partial charge in [0, 0.05) is 31.1 Å². The number of benzene rings is 1. The molecule has 1 atom stereocenters. The number of para-hydroxylation sites is 1. The summed E-state index contributed by atoms with van der Waals surface area (Å²) in [6.45, 7) is 2.22. The molecule has 1 aliphatic rings. The average molecular weight is 346 g/mol. The minimum absolute atomic E-state index is 0.00595. The molecule has 1 aromatic carbocycles. The van der Waals surface area contributed by atoms with Crippen LogP contribution in [0.2, 0.25) is 0 Å². The summed E-state index contributed by atoms with van der Waals surface area (Å²) in [5.74, 6) is -1.36. The summed E-state index contributed by atoms with van der Waals surface area (Å²) >= 11 is 0. The number of rotatable bonds is 5. The van der Waals surface area contributed by atoms with Gasteiger partial charge < -0.3 is 19.2 Å². The Labute approximate surface area is 143 Å². The lowest BCUT2D eigenvalue weighted by atomic mass is 10.1. The molecular formula is C17H18N2O6. The molecule has 1 N–H and O–H groups in total. The van der Waals surface area contributed by atoms with E-state index < -0.39 is 24.0 Å². The van der Waals surface area contributed by atoms with Gasteiger partial charge in [-0.1, -0.05) is 18.2 Å². The van der Waals surface area contributed by atoms with Crippen LogP contribution in [0, 0.1) is 0 Å². The van der Waals surface area contributed by atoms with Gasteiger partial charge in [-0.2, -0.15) is 0 Å². The fourth-order valence-electron chi connectivity index (χ4n) is 2.72. The third kappa shape index (κ3) is 3.20. The summed E-state index contributed by atoms with van der Waals surface area (Å²) < 4.78 is 15.9. The van der Waals surface area contributed by atoms with Crippen molar-refractivity contribution in [3.05, 3.63) is 35.6 Å². The molecule has 0 unspecified atom stereocenters. The predicted octanol–water partition coefficient (Wildman–Crippen LogP) is 1.68. The number of ether oxygens (including phenoxy) is 2. The maximum atomic E-state index is 12.5. The van der Waals surface area contributed by atoms with E-state index >= 15 is 0 Å². The summed E-state index contributed by atoms with van der Waals surface area (Å²) in [6.07, 6.45) is -1.11. The number of amides is 3. The molecule has 0 aliphatic carbocycles. The summed E-state index contributed by atoms with van der Waals surface area (Å²) in [5, 5.41) is 3.27. The van der Waals surface area contributed by atoms with E-state index in [2.05, 4.69) is 5.32 Å². The normalized spacial score (nSPS) is 15.3. The van der Waals surface area contributed by atoms with E-state index in [-0.39, 0.29) is 18.9 Å². The molecule has 0 bridgehead atoms. The molecule has 3 amide bonds. The van der Waals surface area contributed by atoms with Crippen LogP contribution in [0.5, 0.6) is 0 Å². The Morgan fingerprint density at radius 1 is 1.36 bits per heavy atom. The Hall–Kier alpha value is -2.87. The van der Waals surface area contributed by atoms with Crippen molar-refractivity contribution in [1.82, 2.24) is 10.2 Å². The second-order valence-electron chi connectivity index (χ2n) is 5.61. The highest BCUT2D eigenvalue weighted by Gasteiger charge is 2.33. The molecule has 0 saturated carbocycles. The molecule has 1 fully saturated rings. The number of furan rings is 1. The number of hydrogen-bond donors (Lipinski definition) is 1. The van der Waals surface area contributed by atoms with Gasteiger partial charge in [-0.25, -0.2) is 9.59 Å². The molecule has 8 heteroatoms. The van der Waals surface area contributed by atoms with Gasteiger partial charge in [0.05, 0.1) is 6.61 Å². The van der Waals surface area contributed by atoms with Crippen LogP contribution in [0.25, 0.3) is 11.0 Å². The number of fused-ring (bicyclic) bond motifs is 1. The van der Waals surface area contributed by atoms with Crippen molar-refractivity contribution in [2.45, 2.75) is 19.6 Å². The van der Waals surface area contributed by atoms with E-state index in [4.69, 9.17) is 13.9 Å². The van der Waals surface area contributed by atoms with Crippen molar-refractivity contribution in [1.29, 1.82) is 0 Å². The van der Waals surface area contributed by atoms with Gasteiger partial charge >= 0.3 is 12.0 Å². The van der Waals surface area contributed by atoms with Gasteiger partial charge in [0.2, 0.25) is 5.76 Å². The van der Waals surface area contributed by atoms with Crippen molar-refractivity contribution >= 4 is 28.9 Å². The van der Waals surface area contributed by atoms with Crippen LogP contribution >= 0.6 is 0 Å². The highest BCUT2D eigenvalue weighted by Crippen LogP contribution is 2.27. The van der Waals surface area contributed by atoms with Crippen molar-refractivity contribution < 1.29 is 28.3 Å². The van der Waals surface area contributed by atoms with Crippen molar-refractivity contribution in [3.8, 4) is 0 Å². The Bertz CT molecular complexity index is 828. The Morgan fingerprint density at radius 3 is 2.80 bits per heavy atom. The number of methoxy groups -OCH3 is 1. The first-order valence-electron chi connectivity index (χ1n) is 7.82. The number of nitrogens with zero attached hydrogens (tertiary/aromatic N) is 1. The first-order valence-corrected chi connectivity index (χ1v) is 7.82. The second-order valence-corrected chi connectivity index (χ2v) is 5.61. The molecule has 1 aromatic heterocycles. The molecule has 1 aliphatic heterocycles. The summed E-state index contributed by atoms with van der Waals surface area (Å²) in [5.41, 5.74) is 1.08. The Kier molecular flexibility index (Phi) is 4.71. The number of nitrogens with one attached hydrogen (secondary N) is 1. The van der Waals surface area contributed by atoms with Crippen LogP contribution in [0.3, 0.4) is 0 Å². The zero-order valence-electron chi connectivity index (χ0n) is 13.9. The average Bonchev–Trinajstić information content (AvgIpc) is 3.18. The van der Waals surface area contributed by atoms with E-state index in [1.54, 1.807) is 12.1 Å². The van der Waals surface area contributed by atoms with E-state index in [0.717, 1.165) is 10.3 Å². The van der Waals surface area contributed by atoms with Gasteiger partial charge in [-0.05, 0) is 13.0 Å². The first-order chi connectivity index (χ1) is 12.0. The van der Waals surface area contributed by atoms with Gasteiger partial charge in [0.1, 0.15) is 5.58 Å². The molecule has 132 valence electrons. The Morgan fingerprint density at radius 2 is 2.12 bits per heavy atom. The van der Waals surface area contributed by atoms with Crippen LogP contribution in [-0.2, 0) is 20.9 Å². The topological polar surface area (TPSA) is 98.1 Å². The standard InChI is InChI=1S/C17H18N2O6/c1-10(15(20)19-8-7-18-17(19)22)24-16(21)14-12(9-23-2)11-5-3-4-6-13(11)25-14/h3-6,10H,7-9H2,1-2H3,(H,18,22)/t10-/m1/s1. The third-order valence-corrected chi connectivity index (χ3v) is 3.93. The summed E-state index contributed by atoms with van der Waals surface area (Å²) in [7, 11) is 1.51. The van der Waals surface area contributed by atoms with E-state index in [1.165, 1.54) is 14.0 Å². The third-order valence-electron chi connectivity index (χ3n) is 3.93. The molecule has 8 nitrogen and oxygen atoms in total. The number of hydrogen-bond acceptors (Lipinski definition) is 6. The minimum atomic E-state index is -1.11. The smallest absolute Gasteiger partial charge is 0.375 e. The highest BCUT2D eigenvalue weighted by atomic mass is 16.6. The molecule has 2 aromatic rings. The number of urea groups is 1. The van der Waals surface area contributed by atoms with Crippen LogP contribution in [-0.4, -0.2) is 49.1 Å². The predicted molar refractivity (Wildman–Crippen MR) is 86.9 cm³/mol. The van der Waals surface area contributed by atoms with Crippen molar-refractivity contribution in [2.75, 3.05) is 20.2 Å². The molecule has 1 saturated heterocycles.